The summed E-state index contributed by atoms with van der Waals surface area (Å²) < 4.78 is 0. The number of aliphatic hydroxyl groups is 2. The van der Waals surface area contributed by atoms with Crippen LogP contribution in [0.15, 0.2) is 0 Å². The molecule has 0 saturated carbocycles. The van der Waals surface area contributed by atoms with E-state index in [1.807, 2.05) is 13.8 Å². The largest absolute Gasteiger partial charge is 0.394 e. The molecule has 2 amide bonds. The monoisotopic (exact) mass is 219 g/mol. The summed E-state index contributed by atoms with van der Waals surface area (Å²) in [5.74, 6) is 0. The van der Waals surface area contributed by atoms with Gasteiger partial charge in [0.15, 0.2) is 0 Å². The third kappa shape index (κ3) is 7.12. The summed E-state index contributed by atoms with van der Waals surface area (Å²) in [7, 11) is 0. The molecule has 90 valence electrons. The van der Waals surface area contributed by atoms with Crippen molar-refractivity contribution >= 4 is 6.03 Å². The van der Waals surface area contributed by atoms with Crippen LogP contribution in [0.2, 0.25) is 0 Å². The summed E-state index contributed by atoms with van der Waals surface area (Å²) in [4.78, 5) is 11.1. The predicted molar refractivity (Wildman–Crippen MR) is 57.1 cm³/mol. The van der Waals surface area contributed by atoms with Gasteiger partial charge in [0.1, 0.15) is 0 Å². The van der Waals surface area contributed by atoms with Crippen molar-refractivity contribution in [3.05, 3.63) is 0 Å². The lowest BCUT2D eigenvalue weighted by Gasteiger charge is -2.16. The van der Waals surface area contributed by atoms with Gasteiger partial charge in [-0.15, -0.1) is 0 Å². The summed E-state index contributed by atoms with van der Waals surface area (Å²) in [5, 5.41) is 19.9. The first kappa shape index (κ1) is 14.2. The molecule has 5 N–H and O–H groups in total. The van der Waals surface area contributed by atoms with Gasteiger partial charge in [-0.25, -0.2) is 10.2 Å². The molecule has 0 spiro atoms. The van der Waals surface area contributed by atoms with Gasteiger partial charge in [0.2, 0.25) is 0 Å². The Morgan fingerprint density at radius 1 is 1.33 bits per heavy atom. The van der Waals surface area contributed by atoms with Gasteiger partial charge in [0, 0.05) is 12.6 Å². The standard InChI is InChI=1S/C9H21N3O3/c1-3-7(4-2)11-12-9(15)10-5-8(14)6-13/h7-8,11,13-14H,3-6H2,1-2H3,(H2,10,12,15)/t8-/m0/s1. The van der Waals surface area contributed by atoms with Crippen molar-refractivity contribution in [2.45, 2.75) is 38.8 Å². The van der Waals surface area contributed by atoms with Gasteiger partial charge in [-0.3, -0.25) is 5.43 Å². The minimum atomic E-state index is -0.913. The van der Waals surface area contributed by atoms with Crippen molar-refractivity contribution in [3.63, 3.8) is 0 Å². The van der Waals surface area contributed by atoms with Crippen LogP contribution in [-0.4, -0.2) is 41.5 Å². The van der Waals surface area contributed by atoms with Crippen molar-refractivity contribution in [3.8, 4) is 0 Å². The smallest absolute Gasteiger partial charge is 0.329 e. The van der Waals surface area contributed by atoms with E-state index in [0.29, 0.717) is 0 Å². The summed E-state index contributed by atoms with van der Waals surface area (Å²) in [6.45, 7) is 3.72. The minimum absolute atomic E-state index is 0.0347. The maximum absolute atomic E-state index is 11.1. The zero-order valence-corrected chi connectivity index (χ0v) is 9.29. The molecule has 0 aromatic rings. The van der Waals surface area contributed by atoms with Crippen molar-refractivity contribution < 1.29 is 15.0 Å². The highest BCUT2D eigenvalue weighted by Gasteiger charge is 2.06. The lowest BCUT2D eigenvalue weighted by molar-refractivity contribution is 0.0957. The summed E-state index contributed by atoms with van der Waals surface area (Å²) in [6.07, 6.45) is 0.940. The third-order valence-electron chi connectivity index (χ3n) is 2.08. The topological polar surface area (TPSA) is 93.6 Å². The summed E-state index contributed by atoms with van der Waals surface area (Å²) in [6, 6.07) is -0.159. The first-order chi connectivity index (χ1) is 7.13. The van der Waals surface area contributed by atoms with E-state index >= 15 is 0 Å². The van der Waals surface area contributed by atoms with Gasteiger partial charge in [-0.1, -0.05) is 13.8 Å². The molecule has 0 aromatic carbocycles. The molecule has 0 bridgehead atoms. The Morgan fingerprint density at radius 3 is 2.40 bits per heavy atom. The van der Waals surface area contributed by atoms with Crippen LogP contribution in [0.4, 0.5) is 4.79 Å². The Labute approximate surface area is 90.0 Å². The quantitative estimate of drug-likeness (QED) is 0.367. The maximum Gasteiger partial charge on any atom is 0.329 e. The number of carbonyl (C=O) groups is 1. The van der Waals surface area contributed by atoms with E-state index in [1.54, 1.807) is 0 Å². The van der Waals surface area contributed by atoms with E-state index in [0.717, 1.165) is 12.8 Å². The molecule has 1 atom stereocenters. The SMILES string of the molecule is CCC(CC)NNC(=O)NC[C@H](O)CO. The van der Waals surface area contributed by atoms with Gasteiger partial charge >= 0.3 is 6.03 Å². The van der Waals surface area contributed by atoms with E-state index in [2.05, 4.69) is 16.2 Å². The van der Waals surface area contributed by atoms with E-state index in [-0.39, 0.29) is 19.2 Å². The first-order valence-corrected chi connectivity index (χ1v) is 5.22. The average molecular weight is 219 g/mol. The van der Waals surface area contributed by atoms with Crippen LogP contribution in [0.25, 0.3) is 0 Å². The number of hydrogen-bond acceptors (Lipinski definition) is 4. The number of amides is 2. The molecule has 0 aliphatic rings. The highest BCUT2D eigenvalue weighted by molar-refractivity contribution is 5.73. The molecule has 6 nitrogen and oxygen atoms in total. The number of rotatable bonds is 7. The van der Waals surface area contributed by atoms with E-state index < -0.39 is 12.1 Å². The third-order valence-corrected chi connectivity index (χ3v) is 2.08. The van der Waals surface area contributed by atoms with Crippen LogP contribution in [0.5, 0.6) is 0 Å². The summed E-state index contributed by atoms with van der Waals surface area (Å²) in [5.41, 5.74) is 5.33. The van der Waals surface area contributed by atoms with Crippen molar-refractivity contribution in [2.75, 3.05) is 13.2 Å². The van der Waals surface area contributed by atoms with Crippen LogP contribution in [0.3, 0.4) is 0 Å². The fraction of sp³-hybridized carbons (Fsp3) is 0.889. The molecule has 0 unspecified atom stereocenters. The molecule has 0 aromatic heterocycles. The fourth-order valence-electron chi connectivity index (χ4n) is 0.980. The van der Waals surface area contributed by atoms with E-state index in [9.17, 15) is 4.79 Å². The molecular formula is C9H21N3O3. The number of urea groups is 1. The van der Waals surface area contributed by atoms with Gasteiger partial charge in [-0.2, -0.15) is 0 Å². The summed E-state index contributed by atoms with van der Waals surface area (Å²) >= 11 is 0. The number of nitrogens with one attached hydrogen (secondary N) is 3. The van der Waals surface area contributed by atoms with Crippen molar-refractivity contribution in [1.29, 1.82) is 0 Å². The molecule has 0 heterocycles. The zero-order valence-electron chi connectivity index (χ0n) is 9.29. The van der Waals surface area contributed by atoms with E-state index in [1.165, 1.54) is 0 Å². The fourth-order valence-corrected chi connectivity index (χ4v) is 0.980. The van der Waals surface area contributed by atoms with Gasteiger partial charge < -0.3 is 15.5 Å². The zero-order chi connectivity index (χ0) is 11.7. The average Bonchev–Trinajstić information content (AvgIpc) is 2.27. The Morgan fingerprint density at radius 2 is 1.93 bits per heavy atom. The lowest BCUT2D eigenvalue weighted by atomic mass is 10.2. The van der Waals surface area contributed by atoms with Crippen molar-refractivity contribution in [2.24, 2.45) is 0 Å². The Balaban J connectivity index is 3.56. The second-order valence-electron chi connectivity index (χ2n) is 3.33. The molecule has 0 aliphatic heterocycles. The van der Waals surface area contributed by atoms with Crippen LogP contribution in [0, 0.1) is 0 Å². The van der Waals surface area contributed by atoms with Crippen LogP contribution in [-0.2, 0) is 0 Å². The highest BCUT2D eigenvalue weighted by atomic mass is 16.3. The van der Waals surface area contributed by atoms with Crippen LogP contribution >= 0.6 is 0 Å². The molecular weight excluding hydrogens is 198 g/mol. The Kier molecular flexibility index (Phi) is 7.98. The van der Waals surface area contributed by atoms with Crippen molar-refractivity contribution in [1.82, 2.24) is 16.2 Å². The highest BCUT2D eigenvalue weighted by Crippen LogP contribution is 1.93. The number of aliphatic hydroxyl groups excluding tert-OH is 2. The van der Waals surface area contributed by atoms with Crippen LogP contribution in [0.1, 0.15) is 26.7 Å². The number of hydrogen-bond donors (Lipinski definition) is 5. The van der Waals surface area contributed by atoms with Gasteiger partial charge in [-0.05, 0) is 12.8 Å². The van der Waals surface area contributed by atoms with Gasteiger partial charge in [0.05, 0.1) is 12.7 Å². The number of carbonyl (C=O) groups excluding carboxylic acids is 1. The molecule has 0 aliphatic carbocycles. The predicted octanol–water partition coefficient (Wildman–Crippen LogP) is -0.668. The molecule has 0 rings (SSSR count). The molecule has 15 heavy (non-hydrogen) atoms. The molecule has 0 radical (unpaired) electrons. The molecule has 6 heteroatoms. The maximum atomic E-state index is 11.1. The molecule has 0 fully saturated rings. The van der Waals surface area contributed by atoms with Crippen LogP contribution < -0.4 is 16.2 Å². The van der Waals surface area contributed by atoms with Gasteiger partial charge in [0.25, 0.3) is 0 Å². The lowest BCUT2D eigenvalue weighted by Crippen LogP contribution is -2.50. The Hall–Kier alpha value is -0.850. The Bertz CT molecular complexity index is 174. The first-order valence-electron chi connectivity index (χ1n) is 5.22. The minimum Gasteiger partial charge on any atom is -0.394 e. The number of hydrazine groups is 1. The second-order valence-corrected chi connectivity index (χ2v) is 3.33. The van der Waals surface area contributed by atoms with E-state index in [4.69, 9.17) is 10.2 Å². The normalized spacial score (nSPS) is 12.6. The molecule has 0 saturated heterocycles. The second kappa shape index (κ2) is 8.46.